The van der Waals surface area contributed by atoms with Crippen molar-refractivity contribution >= 4 is 28.3 Å². The van der Waals surface area contributed by atoms with E-state index in [0.717, 1.165) is 16.7 Å². The van der Waals surface area contributed by atoms with E-state index in [2.05, 4.69) is 15.3 Å². The number of carbonyl (C=O) groups excluding carboxylic acids is 2. The SMILES string of the molecule is C[C@H](C(=O)Nc1nccs1)N1Cc2ccc(-c3ccncc3)cc2C1=O. The van der Waals surface area contributed by atoms with Crippen molar-refractivity contribution in [2.75, 3.05) is 5.32 Å². The third kappa shape index (κ3) is 2.97. The first kappa shape index (κ1) is 16.4. The molecule has 1 aliphatic heterocycles. The van der Waals surface area contributed by atoms with Crippen LogP contribution >= 0.6 is 11.3 Å². The summed E-state index contributed by atoms with van der Waals surface area (Å²) in [5, 5.41) is 5.07. The van der Waals surface area contributed by atoms with Crippen molar-refractivity contribution in [3.8, 4) is 11.1 Å². The van der Waals surface area contributed by atoms with Crippen molar-refractivity contribution in [3.63, 3.8) is 0 Å². The van der Waals surface area contributed by atoms with Crippen molar-refractivity contribution in [1.82, 2.24) is 14.9 Å². The summed E-state index contributed by atoms with van der Waals surface area (Å²) in [6.07, 6.45) is 5.08. The second-order valence-corrected chi connectivity index (χ2v) is 6.94. The highest BCUT2D eigenvalue weighted by molar-refractivity contribution is 7.13. The molecule has 1 aliphatic rings. The summed E-state index contributed by atoms with van der Waals surface area (Å²) in [5.41, 5.74) is 3.54. The number of hydrogen-bond donors (Lipinski definition) is 1. The summed E-state index contributed by atoms with van der Waals surface area (Å²) in [6.45, 7) is 2.16. The maximum Gasteiger partial charge on any atom is 0.255 e. The van der Waals surface area contributed by atoms with Gasteiger partial charge in [0.05, 0.1) is 0 Å². The van der Waals surface area contributed by atoms with Gasteiger partial charge in [0.1, 0.15) is 6.04 Å². The van der Waals surface area contributed by atoms with Crippen LogP contribution in [-0.4, -0.2) is 32.7 Å². The first-order valence-electron chi connectivity index (χ1n) is 8.18. The average Bonchev–Trinajstić information content (AvgIpc) is 3.29. The van der Waals surface area contributed by atoms with Gasteiger partial charge in [-0.1, -0.05) is 12.1 Å². The van der Waals surface area contributed by atoms with Crippen LogP contribution in [0.3, 0.4) is 0 Å². The van der Waals surface area contributed by atoms with Crippen molar-refractivity contribution in [2.45, 2.75) is 19.5 Å². The molecule has 1 N–H and O–H groups in total. The molecule has 0 saturated heterocycles. The van der Waals surface area contributed by atoms with E-state index in [1.54, 1.807) is 35.8 Å². The Labute approximate surface area is 154 Å². The molecule has 2 amide bonds. The molecule has 0 unspecified atom stereocenters. The Morgan fingerprint density at radius 3 is 2.73 bits per heavy atom. The second-order valence-electron chi connectivity index (χ2n) is 6.04. The standard InChI is InChI=1S/C19H16N4O2S/c1-12(17(24)22-19-21-8-9-26-19)23-11-15-3-2-14(10-16(15)18(23)25)13-4-6-20-7-5-13/h2-10,12H,11H2,1H3,(H,21,22,24)/t12-/m1/s1. The molecule has 0 spiro atoms. The number of amides is 2. The van der Waals surface area contributed by atoms with Gasteiger partial charge < -0.3 is 10.2 Å². The van der Waals surface area contributed by atoms with Crippen LogP contribution < -0.4 is 5.32 Å². The Bertz CT molecular complexity index is 957. The zero-order valence-corrected chi connectivity index (χ0v) is 14.9. The quantitative estimate of drug-likeness (QED) is 0.771. The van der Waals surface area contributed by atoms with Gasteiger partial charge in [-0.3, -0.25) is 14.6 Å². The lowest BCUT2D eigenvalue weighted by Gasteiger charge is -2.22. The Morgan fingerprint density at radius 2 is 2.00 bits per heavy atom. The van der Waals surface area contributed by atoms with Gasteiger partial charge in [-0.05, 0) is 41.8 Å². The first-order chi connectivity index (χ1) is 12.6. The molecule has 0 aliphatic carbocycles. The highest BCUT2D eigenvalue weighted by Crippen LogP contribution is 2.29. The van der Waals surface area contributed by atoms with Gasteiger partial charge in [0.25, 0.3) is 5.91 Å². The lowest BCUT2D eigenvalue weighted by molar-refractivity contribution is -0.120. The van der Waals surface area contributed by atoms with Crippen LogP contribution in [-0.2, 0) is 11.3 Å². The molecule has 2 aromatic heterocycles. The van der Waals surface area contributed by atoms with Crippen LogP contribution in [0, 0.1) is 0 Å². The Kier molecular flexibility index (Phi) is 4.22. The largest absolute Gasteiger partial charge is 0.323 e. The number of nitrogens with one attached hydrogen (secondary N) is 1. The molecular formula is C19H16N4O2S. The molecule has 0 bridgehead atoms. The van der Waals surface area contributed by atoms with Crippen LogP contribution in [0.5, 0.6) is 0 Å². The number of nitrogens with zero attached hydrogens (tertiary/aromatic N) is 3. The zero-order valence-electron chi connectivity index (χ0n) is 14.0. The predicted molar refractivity (Wildman–Crippen MR) is 99.8 cm³/mol. The molecule has 1 atom stereocenters. The normalized spacial score (nSPS) is 14.2. The molecular weight excluding hydrogens is 348 g/mol. The predicted octanol–water partition coefficient (Wildman–Crippen LogP) is 3.19. The average molecular weight is 364 g/mol. The van der Waals surface area contributed by atoms with Crippen molar-refractivity contribution in [1.29, 1.82) is 0 Å². The summed E-state index contributed by atoms with van der Waals surface area (Å²) >= 11 is 1.35. The lowest BCUT2D eigenvalue weighted by Crippen LogP contribution is -2.42. The zero-order chi connectivity index (χ0) is 18.1. The summed E-state index contributed by atoms with van der Waals surface area (Å²) in [7, 11) is 0. The molecule has 3 heterocycles. The summed E-state index contributed by atoms with van der Waals surface area (Å²) < 4.78 is 0. The first-order valence-corrected chi connectivity index (χ1v) is 9.06. The number of fused-ring (bicyclic) bond motifs is 1. The van der Waals surface area contributed by atoms with Crippen LogP contribution in [0.25, 0.3) is 11.1 Å². The monoisotopic (exact) mass is 364 g/mol. The van der Waals surface area contributed by atoms with Crippen LogP contribution in [0.1, 0.15) is 22.8 Å². The molecule has 0 fully saturated rings. The minimum atomic E-state index is -0.580. The molecule has 1 aromatic carbocycles. The van der Waals surface area contributed by atoms with Crippen molar-refractivity contribution in [3.05, 3.63) is 65.4 Å². The smallest absolute Gasteiger partial charge is 0.255 e. The lowest BCUT2D eigenvalue weighted by atomic mass is 10.0. The number of rotatable bonds is 4. The molecule has 0 radical (unpaired) electrons. The highest BCUT2D eigenvalue weighted by Gasteiger charge is 2.34. The van der Waals surface area contributed by atoms with E-state index >= 15 is 0 Å². The van der Waals surface area contributed by atoms with E-state index in [9.17, 15) is 9.59 Å². The Morgan fingerprint density at radius 1 is 1.19 bits per heavy atom. The third-order valence-electron chi connectivity index (χ3n) is 4.46. The minimum absolute atomic E-state index is 0.127. The Hall–Kier alpha value is -3.06. The number of benzene rings is 1. The number of anilines is 1. The van der Waals surface area contributed by atoms with E-state index in [0.29, 0.717) is 17.2 Å². The molecule has 26 heavy (non-hydrogen) atoms. The molecule has 4 rings (SSSR count). The van der Waals surface area contributed by atoms with E-state index in [1.165, 1.54) is 11.3 Å². The molecule has 7 heteroatoms. The van der Waals surface area contributed by atoms with E-state index in [4.69, 9.17) is 0 Å². The van der Waals surface area contributed by atoms with E-state index in [1.807, 2.05) is 30.3 Å². The van der Waals surface area contributed by atoms with Gasteiger partial charge in [-0.25, -0.2) is 4.98 Å². The summed E-state index contributed by atoms with van der Waals surface area (Å²) in [4.78, 5) is 34.9. The van der Waals surface area contributed by atoms with E-state index < -0.39 is 6.04 Å². The maximum absolute atomic E-state index is 12.8. The second kappa shape index (κ2) is 6.68. The molecule has 6 nitrogen and oxygen atoms in total. The van der Waals surface area contributed by atoms with Crippen LogP contribution in [0.15, 0.2) is 54.3 Å². The number of carbonyl (C=O) groups is 2. The van der Waals surface area contributed by atoms with Crippen LogP contribution in [0.4, 0.5) is 5.13 Å². The van der Waals surface area contributed by atoms with Gasteiger partial charge in [0.2, 0.25) is 5.91 Å². The number of hydrogen-bond acceptors (Lipinski definition) is 5. The fraction of sp³-hybridized carbons (Fsp3) is 0.158. The molecule has 130 valence electrons. The number of pyridine rings is 1. The van der Waals surface area contributed by atoms with Gasteiger partial charge in [-0.15, -0.1) is 11.3 Å². The summed E-state index contributed by atoms with van der Waals surface area (Å²) in [5.74, 6) is -0.367. The topological polar surface area (TPSA) is 75.2 Å². The van der Waals surface area contributed by atoms with Crippen LogP contribution in [0.2, 0.25) is 0 Å². The van der Waals surface area contributed by atoms with Gasteiger partial charge in [0.15, 0.2) is 5.13 Å². The van der Waals surface area contributed by atoms with E-state index in [-0.39, 0.29) is 11.8 Å². The van der Waals surface area contributed by atoms with Crippen molar-refractivity contribution in [2.24, 2.45) is 0 Å². The highest BCUT2D eigenvalue weighted by atomic mass is 32.1. The van der Waals surface area contributed by atoms with Gasteiger partial charge >= 0.3 is 0 Å². The fourth-order valence-corrected chi connectivity index (χ4v) is 3.53. The molecule has 0 saturated carbocycles. The van der Waals surface area contributed by atoms with Crippen molar-refractivity contribution < 1.29 is 9.59 Å². The fourth-order valence-electron chi connectivity index (χ4n) is 3.00. The maximum atomic E-state index is 12.8. The van der Waals surface area contributed by atoms with Gasteiger partial charge in [-0.2, -0.15) is 0 Å². The number of thiazole rings is 1. The third-order valence-corrected chi connectivity index (χ3v) is 5.15. The van der Waals surface area contributed by atoms with Gasteiger partial charge in [0, 0.05) is 36.1 Å². The summed E-state index contributed by atoms with van der Waals surface area (Å²) in [6, 6.07) is 9.06. The number of aromatic nitrogens is 2. The Balaban J connectivity index is 1.55. The minimum Gasteiger partial charge on any atom is -0.323 e. The molecule has 3 aromatic rings.